The number of carboxylic acid groups (broad SMARTS) is 2. The predicted molar refractivity (Wildman–Crippen MR) is 164 cm³/mol. The molecule has 0 saturated heterocycles. The molecule has 0 saturated carbocycles. The molecule has 8 bridgehead atoms. The van der Waals surface area contributed by atoms with Crippen molar-refractivity contribution in [3.8, 4) is 0 Å². The Hall–Kier alpha value is -4.20. The summed E-state index contributed by atoms with van der Waals surface area (Å²) >= 11 is 0. The van der Waals surface area contributed by atoms with Crippen LogP contribution in [0, 0.1) is 20.8 Å². The number of aromatic nitrogens is 3. The molecule has 43 heavy (non-hydrogen) atoms. The van der Waals surface area contributed by atoms with Gasteiger partial charge in [-0.3, -0.25) is 9.59 Å². The first-order valence-corrected chi connectivity index (χ1v) is 14.0. The summed E-state index contributed by atoms with van der Waals surface area (Å²) in [5.41, 5.74) is 11.2. The van der Waals surface area contributed by atoms with Gasteiger partial charge in [0, 0.05) is 12.8 Å². The van der Waals surface area contributed by atoms with Crippen molar-refractivity contribution in [1.29, 1.82) is 0 Å². The molecule has 3 aromatic heterocycles. The molecule has 1 unspecified atom stereocenters. The molecular formula is C34H34FeN4O4. The summed E-state index contributed by atoms with van der Waals surface area (Å²) in [4.78, 5) is 38.0. The van der Waals surface area contributed by atoms with E-state index >= 15 is 0 Å². The van der Waals surface area contributed by atoms with Crippen LogP contribution < -0.4 is 25.7 Å². The van der Waals surface area contributed by atoms with Crippen LogP contribution in [0.25, 0.3) is 35.7 Å². The van der Waals surface area contributed by atoms with Crippen LogP contribution in [-0.4, -0.2) is 28.2 Å². The smallest absolute Gasteiger partial charge is 0.678 e. The number of allylic oxidation sites excluding steroid dienone is 1. The number of fused-ring (bicyclic) bond motifs is 8. The normalized spacial score (nSPS) is 18.3. The SMILES string of the molecule is C=Cc1c2[n-]c(c1C)/C=C1\[N-]C(Cc3[n-]c(c(C)c3CCC(=O)O)/C=c3\[n-]/c(c(C)c3C=C)=C\2)C(CCC(=O)O)=C1C.[Fe+4]. The van der Waals surface area contributed by atoms with Crippen LogP contribution >= 0.6 is 0 Å². The second-order valence-electron chi connectivity index (χ2n) is 10.9. The van der Waals surface area contributed by atoms with Gasteiger partial charge in [-0.25, -0.2) is 0 Å². The minimum Gasteiger partial charge on any atom is -0.678 e. The van der Waals surface area contributed by atoms with E-state index in [2.05, 4.69) is 13.2 Å². The van der Waals surface area contributed by atoms with Crippen molar-refractivity contribution in [3.05, 3.63) is 102 Å². The van der Waals surface area contributed by atoms with E-state index in [1.54, 1.807) is 12.2 Å². The van der Waals surface area contributed by atoms with Crippen LogP contribution in [0.1, 0.15) is 82.3 Å². The maximum Gasteiger partial charge on any atom is 4.00 e. The molecule has 0 fully saturated rings. The van der Waals surface area contributed by atoms with Crippen LogP contribution in [0.4, 0.5) is 0 Å². The fourth-order valence-electron chi connectivity index (χ4n) is 6.00. The first kappa shape index (κ1) is 31.7. The van der Waals surface area contributed by atoms with Crippen LogP contribution in [0.15, 0.2) is 30.0 Å². The van der Waals surface area contributed by atoms with E-state index in [0.717, 1.165) is 83.7 Å². The maximum atomic E-state index is 11.5. The third kappa shape index (κ3) is 6.01. The molecule has 222 valence electrons. The Kier molecular flexibility index (Phi) is 9.28. The third-order valence-electron chi connectivity index (χ3n) is 8.43. The van der Waals surface area contributed by atoms with Gasteiger partial charge in [-0.15, -0.1) is 33.5 Å². The van der Waals surface area contributed by atoms with Crippen molar-refractivity contribution in [3.63, 3.8) is 0 Å². The van der Waals surface area contributed by atoms with E-state index in [1.807, 2.05) is 45.9 Å². The van der Waals surface area contributed by atoms with Crippen molar-refractivity contribution >= 4 is 42.3 Å². The van der Waals surface area contributed by atoms with Gasteiger partial charge in [-0.2, -0.15) is 5.69 Å². The predicted octanol–water partition coefficient (Wildman–Crippen LogP) is 4.28. The van der Waals surface area contributed by atoms with Crippen molar-refractivity contribution in [2.45, 2.75) is 65.8 Å². The van der Waals surface area contributed by atoms with E-state index in [9.17, 15) is 19.8 Å². The van der Waals surface area contributed by atoms with E-state index < -0.39 is 11.9 Å². The van der Waals surface area contributed by atoms with E-state index in [-0.39, 0.29) is 36.0 Å². The van der Waals surface area contributed by atoms with Gasteiger partial charge < -0.3 is 30.5 Å². The molecule has 2 aliphatic rings. The molecule has 8 nitrogen and oxygen atoms in total. The van der Waals surface area contributed by atoms with Crippen molar-refractivity contribution < 1.29 is 36.9 Å². The van der Waals surface area contributed by atoms with Crippen LogP contribution in [0.2, 0.25) is 0 Å². The maximum absolute atomic E-state index is 11.5. The molecule has 0 amide bonds. The van der Waals surface area contributed by atoms with E-state index in [4.69, 9.17) is 20.3 Å². The Balaban J connectivity index is 0.00000423. The number of rotatable bonds is 8. The number of carbonyl (C=O) groups is 2. The molecule has 5 heterocycles. The molecule has 1 atom stereocenters. The third-order valence-corrected chi connectivity index (χ3v) is 8.43. The quantitative estimate of drug-likeness (QED) is 0.361. The van der Waals surface area contributed by atoms with Gasteiger partial charge in [0.05, 0.1) is 0 Å². The molecular weight excluding hydrogens is 584 g/mol. The first-order chi connectivity index (χ1) is 20.0. The van der Waals surface area contributed by atoms with Gasteiger partial charge in [0.25, 0.3) is 0 Å². The average molecular weight is 619 g/mol. The molecule has 0 radical (unpaired) electrons. The van der Waals surface area contributed by atoms with Gasteiger partial charge >= 0.3 is 29.0 Å². The molecule has 9 heteroatoms. The Labute approximate surface area is 261 Å². The fourth-order valence-corrected chi connectivity index (χ4v) is 6.00. The number of hydrogen-bond acceptors (Lipinski definition) is 2. The largest absolute Gasteiger partial charge is 4.00 e. The van der Waals surface area contributed by atoms with E-state index in [1.165, 1.54) is 0 Å². The van der Waals surface area contributed by atoms with Gasteiger partial charge in [0.15, 0.2) is 0 Å². The summed E-state index contributed by atoms with van der Waals surface area (Å²) in [5.74, 6) is -1.75. The molecule has 2 N–H and O–H groups in total. The van der Waals surface area contributed by atoms with Gasteiger partial charge in [-0.1, -0.05) is 89.4 Å². The summed E-state index contributed by atoms with van der Waals surface area (Å²) in [6.45, 7) is 16.0. The summed E-state index contributed by atoms with van der Waals surface area (Å²) in [7, 11) is 0. The van der Waals surface area contributed by atoms with Crippen LogP contribution in [-0.2, 0) is 39.5 Å². The Morgan fingerprint density at radius 1 is 0.814 bits per heavy atom. The Morgan fingerprint density at radius 3 is 2.09 bits per heavy atom. The second kappa shape index (κ2) is 12.6. The van der Waals surface area contributed by atoms with E-state index in [0.29, 0.717) is 19.3 Å². The standard InChI is InChI=1S/C34H34N4O4.Fe/c1-7-21-17(3)25-13-26-19(5)23(9-11-33(39)40)31(37-26)16-32-24(10-12-34(41)42)20(6)28(38-32)15-30-22(8-2)18(4)27(36-30)14-29(21)35-25;/h7-8,13-15,31H,1-2,9-12,16H2,3-6H3,(H,39,40)(H,41,42);/q-4;+4/b26-13-,27-14-,30-15-;. The molecule has 2 aliphatic heterocycles. The minimum absolute atomic E-state index is 0. The number of aliphatic carboxylic acids is 2. The topological polar surface area (TPSA) is 131 Å². The van der Waals surface area contributed by atoms with Gasteiger partial charge in [-0.05, 0) is 51.7 Å². The zero-order chi connectivity index (χ0) is 30.3. The summed E-state index contributed by atoms with van der Waals surface area (Å²) in [5, 5.41) is 25.5. The zero-order valence-electron chi connectivity index (χ0n) is 24.8. The van der Waals surface area contributed by atoms with Crippen molar-refractivity contribution in [1.82, 2.24) is 15.0 Å². The van der Waals surface area contributed by atoms with Crippen LogP contribution in [0.5, 0.6) is 0 Å². The number of carboxylic acids is 2. The number of nitrogens with zero attached hydrogens (tertiary/aromatic N) is 4. The van der Waals surface area contributed by atoms with Crippen LogP contribution in [0.3, 0.4) is 0 Å². The Morgan fingerprint density at radius 2 is 1.44 bits per heavy atom. The summed E-state index contributed by atoms with van der Waals surface area (Å²) < 4.78 is 0. The van der Waals surface area contributed by atoms with Gasteiger partial charge in [0.2, 0.25) is 0 Å². The summed E-state index contributed by atoms with van der Waals surface area (Å²) in [6.07, 6.45) is 10.6. The van der Waals surface area contributed by atoms with Gasteiger partial charge in [0.1, 0.15) is 0 Å². The summed E-state index contributed by atoms with van der Waals surface area (Å²) in [6, 6.07) is -0.316. The molecule has 0 spiro atoms. The van der Waals surface area contributed by atoms with Crippen molar-refractivity contribution in [2.24, 2.45) is 0 Å². The molecule has 0 aromatic carbocycles. The molecule has 5 rings (SSSR count). The molecule has 0 aliphatic carbocycles. The Bertz CT molecular complexity index is 1830. The minimum atomic E-state index is -0.878. The first-order valence-electron chi connectivity index (χ1n) is 14.0. The molecule has 3 aromatic rings. The average Bonchev–Trinajstić information content (AvgIpc) is 3.59. The number of hydrogen-bond donors (Lipinski definition) is 2. The fraction of sp³-hybridized carbons (Fsp3) is 0.294. The van der Waals surface area contributed by atoms with Crippen molar-refractivity contribution in [2.75, 3.05) is 0 Å². The zero-order valence-corrected chi connectivity index (χ0v) is 25.9. The second-order valence-corrected chi connectivity index (χ2v) is 10.9. The monoisotopic (exact) mass is 618 g/mol.